The average molecular weight is 1000 g/mol. The second-order valence-corrected chi connectivity index (χ2v) is 20.2. The first-order valence-corrected chi connectivity index (χ1v) is 30.6. The molecule has 72 heavy (non-hydrogen) atoms. The van der Waals surface area contributed by atoms with Gasteiger partial charge in [0.2, 0.25) is 0 Å². The van der Waals surface area contributed by atoms with Crippen molar-refractivity contribution in [3.05, 3.63) is 85.1 Å². The van der Waals surface area contributed by atoms with Gasteiger partial charge in [-0.3, -0.25) is 14.4 Å². The third kappa shape index (κ3) is 57.5. The zero-order chi connectivity index (χ0) is 52.2. The number of hydrogen-bond donors (Lipinski definition) is 0. The summed E-state index contributed by atoms with van der Waals surface area (Å²) < 4.78 is 16.9. The van der Waals surface area contributed by atoms with Gasteiger partial charge in [-0.1, -0.05) is 266 Å². The summed E-state index contributed by atoms with van der Waals surface area (Å²) in [5.41, 5.74) is 0. The third-order valence-corrected chi connectivity index (χ3v) is 13.1. The van der Waals surface area contributed by atoms with E-state index in [1.54, 1.807) is 0 Å². The Hall–Kier alpha value is -3.41. The first kappa shape index (κ1) is 68.6. The average Bonchev–Trinajstić information content (AvgIpc) is 3.38. The van der Waals surface area contributed by atoms with E-state index in [1.807, 2.05) is 0 Å². The van der Waals surface area contributed by atoms with Crippen LogP contribution in [0, 0.1) is 0 Å². The predicted octanol–water partition coefficient (Wildman–Crippen LogP) is 20.7. The molecule has 1 unspecified atom stereocenters. The first-order valence-electron chi connectivity index (χ1n) is 30.6. The zero-order valence-electron chi connectivity index (χ0n) is 47.4. The molecule has 6 nitrogen and oxygen atoms in total. The number of esters is 3. The molecule has 0 heterocycles. The quantitative estimate of drug-likeness (QED) is 0.0261. The molecule has 0 fully saturated rings. The molecule has 0 saturated heterocycles. The molecule has 0 aliphatic rings. The van der Waals surface area contributed by atoms with Gasteiger partial charge in [0.1, 0.15) is 13.2 Å². The van der Waals surface area contributed by atoms with Crippen molar-refractivity contribution in [2.24, 2.45) is 0 Å². The van der Waals surface area contributed by atoms with E-state index in [2.05, 4.69) is 106 Å². The van der Waals surface area contributed by atoms with Crippen LogP contribution in [0.5, 0.6) is 0 Å². The lowest BCUT2D eigenvalue weighted by molar-refractivity contribution is -0.167. The van der Waals surface area contributed by atoms with Crippen molar-refractivity contribution >= 4 is 17.9 Å². The van der Waals surface area contributed by atoms with E-state index in [4.69, 9.17) is 14.2 Å². The van der Waals surface area contributed by atoms with E-state index in [0.717, 1.165) is 103 Å². The Morgan fingerprint density at radius 3 is 0.875 bits per heavy atom. The van der Waals surface area contributed by atoms with Gasteiger partial charge in [-0.15, -0.1) is 0 Å². The van der Waals surface area contributed by atoms with Crippen LogP contribution in [0.25, 0.3) is 0 Å². The van der Waals surface area contributed by atoms with Crippen molar-refractivity contribution < 1.29 is 28.6 Å². The Labute approximate surface area is 445 Å². The summed E-state index contributed by atoms with van der Waals surface area (Å²) in [6.07, 6.45) is 78.7. The number of unbranched alkanes of at least 4 members (excludes halogenated alkanes) is 30. The van der Waals surface area contributed by atoms with Gasteiger partial charge in [0.25, 0.3) is 0 Å². The number of carbonyl (C=O) groups excluding carboxylic acids is 3. The minimum Gasteiger partial charge on any atom is -0.462 e. The molecule has 1 atom stereocenters. The molecule has 6 heteroatoms. The van der Waals surface area contributed by atoms with Gasteiger partial charge in [-0.2, -0.15) is 0 Å². The Bertz CT molecular complexity index is 1380. The highest BCUT2D eigenvalue weighted by molar-refractivity contribution is 5.71. The van der Waals surface area contributed by atoms with Crippen molar-refractivity contribution in [3.63, 3.8) is 0 Å². The molecule has 0 spiro atoms. The fraction of sp³-hybridized carbons (Fsp3) is 0.742. The summed E-state index contributed by atoms with van der Waals surface area (Å²) in [7, 11) is 0. The van der Waals surface area contributed by atoms with Crippen molar-refractivity contribution in [3.8, 4) is 0 Å². The largest absolute Gasteiger partial charge is 0.462 e. The molecule has 0 aromatic carbocycles. The van der Waals surface area contributed by atoms with Crippen LogP contribution in [0.2, 0.25) is 0 Å². The van der Waals surface area contributed by atoms with Crippen LogP contribution < -0.4 is 0 Å². The van der Waals surface area contributed by atoms with Crippen molar-refractivity contribution in [2.45, 2.75) is 303 Å². The summed E-state index contributed by atoms with van der Waals surface area (Å²) in [5.74, 6) is -0.880. The van der Waals surface area contributed by atoms with Crippen LogP contribution in [0.15, 0.2) is 85.1 Å². The molecule has 0 saturated carbocycles. The lowest BCUT2D eigenvalue weighted by Gasteiger charge is -2.18. The molecule has 0 N–H and O–H groups in total. The summed E-state index contributed by atoms with van der Waals surface area (Å²) in [5, 5.41) is 0. The van der Waals surface area contributed by atoms with Gasteiger partial charge >= 0.3 is 17.9 Å². The molecule has 0 radical (unpaired) electrons. The minimum absolute atomic E-state index is 0.0776. The number of hydrogen-bond acceptors (Lipinski definition) is 6. The summed E-state index contributed by atoms with van der Waals surface area (Å²) in [6.45, 7) is 6.50. The van der Waals surface area contributed by atoms with Gasteiger partial charge < -0.3 is 14.2 Å². The van der Waals surface area contributed by atoms with Crippen molar-refractivity contribution in [2.75, 3.05) is 13.2 Å². The Morgan fingerprint density at radius 1 is 0.292 bits per heavy atom. The molecule has 0 amide bonds. The SMILES string of the molecule is CC/C=C\C/C=C\C/C=C\C/C=C\C/C=C\CCCCCCCCCCCC(=O)OCC(COC(=O)CCCCCCCCCCCC)OC(=O)CCCCCCCCCCC/C=C\C/C=C\CCCCC. The number of carbonyl (C=O) groups is 3. The Balaban J connectivity index is 4.28. The predicted molar refractivity (Wildman–Crippen MR) is 311 cm³/mol. The molecule has 0 aromatic heterocycles. The van der Waals surface area contributed by atoms with E-state index in [1.165, 1.54) is 154 Å². The van der Waals surface area contributed by atoms with E-state index < -0.39 is 6.10 Å². The normalized spacial score (nSPS) is 12.7. The number of ether oxygens (including phenoxy) is 3. The van der Waals surface area contributed by atoms with Gasteiger partial charge in [0.05, 0.1) is 0 Å². The monoisotopic (exact) mass is 1000 g/mol. The lowest BCUT2D eigenvalue weighted by atomic mass is 10.1. The fourth-order valence-electron chi connectivity index (χ4n) is 8.56. The van der Waals surface area contributed by atoms with Gasteiger partial charge in [-0.25, -0.2) is 0 Å². The summed E-state index contributed by atoms with van der Waals surface area (Å²) >= 11 is 0. The fourth-order valence-corrected chi connectivity index (χ4v) is 8.56. The maximum absolute atomic E-state index is 12.9. The smallest absolute Gasteiger partial charge is 0.306 e. The Kier molecular flexibility index (Phi) is 57.3. The topological polar surface area (TPSA) is 78.9 Å². The van der Waals surface area contributed by atoms with Gasteiger partial charge in [0, 0.05) is 19.3 Å². The minimum atomic E-state index is -0.780. The second kappa shape index (κ2) is 60.1. The van der Waals surface area contributed by atoms with E-state index in [-0.39, 0.29) is 31.1 Å². The molecular formula is C66H114O6. The van der Waals surface area contributed by atoms with Crippen LogP contribution in [0.4, 0.5) is 0 Å². The molecule has 0 aromatic rings. The van der Waals surface area contributed by atoms with E-state index >= 15 is 0 Å². The van der Waals surface area contributed by atoms with Gasteiger partial charge in [-0.05, 0) is 96.3 Å². The van der Waals surface area contributed by atoms with Crippen LogP contribution in [0.3, 0.4) is 0 Å². The molecule has 0 rings (SSSR count). The van der Waals surface area contributed by atoms with Gasteiger partial charge in [0.15, 0.2) is 6.10 Å². The van der Waals surface area contributed by atoms with Crippen molar-refractivity contribution in [1.82, 2.24) is 0 Å². The number of rotatable bonds is 55. The van der Waals surface area contributed by atoms with Crippen LogP contribution >= 0.6 is 0 Å². The molecular weight excluding hydrogens is 889 g/mol. The molecule has 0 aliphatic heterocycles. The highest BCUT2D eigenvalue weighted by Gasteiger charge is 2.19. The third-order valence-electron chi connectivity index (χ3n) is 13.1. The highest BCUT2D eigenvalue weighted by atomic mass is 16.6. The maximum Gasteiger partial charge on any atom is 0.306 e. The lowest BCUT2D eigenvalue weighted by Crippen LogP contribution is -2.30. The van der Waals surface area contributed by atoms with E-state index in [0.29, 0.717) is 19.3 Å². The number of allylic oxidation sites excluding steroid dienone is 14. The molecule has 414 valence electrons. The second-order valence-electron chi connectivity index (χ2n) is 20.2. The zero-order valence-corrected chi connectivity index (χ0v) is 47.4. The van der Waals surface area contributed by atoms with E-state index in [9.17, 15) is 14.4 Å². The maximum atomic E-state index is 12.9. The Morgan fingerprint density at radius 2 is 0.542 bits per heavy atom. The standard InChI is InChI=1S/C66H114O6/c1-4-7-10-13-16-19-22-24-26-28-30-31-32-33-34-35-37-38-40-42-44-47-50-53-56-59-65(68)71-62-63(61-70-64(67)58-55-52-49-46-21-18-15-12-9-6-3)72-66(69)60-57-54-51-48-45-43-41-39-36-29-27-25-23-20-17-14-11-8-5-2/h7,10,16-17,19-20,24-27,30-31,33-34,63H,4-6,8-9,11-15,18,21-23,28-29,32,35-62H2,1-3H3/b10-7-,19-16-,20-17-,26-24-,27-25-,31-30-,34-33-. The summed E-state index contributed by atoms with van der Waals surface area (Å²) in [6, 6.07) is 0. The molecule has 0 aliphatic carbocycles. The van der Waals surface area contributed by atoms with Crippen LogP contribution in [-0.2, 0) is 28.6 Å². The van der Waals surface area contributed by atoms with Crippen LogP contribution in [0.1, 0.15) is 297 Å². The first-order chi connectivity index (χ1) is 35.5. The molecule has 0 bridgehead atoms. The highest BCUT2D eigenvalue weighted by Crippen LogP contribution is 2.16. The van der Waals surface area contributed by atoms with Crippen LogP contribution in [-0.4, -0.2) is 37.2 Å². The summed E-state index contributed by atoms with van der Waals surface area (Å²) in [4.78, 5) is 38.2. The van der Waals surface area contributed by atoms with Crippen molar-refractivity contribution in [1.29, 1.82) is 0 Å².